The number of Topliss-reactive ketones (excluding diaryl/α,β-unsaturated/α-hetero) is 1. The maximum absolute atomic E-state index is 13.5. The summed E-state index contributed by atoms with van der Waals surface area (Å²) in [6.45, 7) is 13.7. The lowest BCUT2D eigenvalue weighted by Crippen LogP contribution is -2.59. The molecule has 0 amide bonds. The summed E-state index contributed by atoms with van der Waals surface area (Å²) in [6.07, 6.45) is -2.68. The Balaban J connectivity index is 2.61. The van der Waals surface area contributed by atoms with Crippen molar-refractivity contribution in [3.8, 4) is 0 Å². The second-order valence-electron chi connectivity index (χ2n) is 12.6. The van der Waals surface area contributed by atoms with Crippen LogP contribution in [0.4, 0.5) is 0 Å². The lowest BCUT2D eigenvalue weighted by molar-refractivity contribution is -0.301. The largest absolute Gasteiger partial charge is 0.459 e. The highest BCUT2D eigenvalue weighted by atomic mass is 16.7. The van der Waals surface area contributed by atoms with E-state index in [1.165, 1.54) is 20.1 Å². The number of aliphatic hydroxyl groups is 3. The van der Waals surface area contributed by atoms with E-state index in [1.54, 1.807) is 41.5 Å². The molecule has 10 heteroatoms. The third kappa shape index (κ3) is 7.70. The Morgan fingerprint density at radius 2 is 1.70 bits per heavy atom. The molecule has 0 aliphatic carbocycles. The number of nitrogens with zero attached hydrogens (tertiary/aromatic N) is 1. The number of likely N-dealkylation sites (N-methyl/N-ethyl adjacent to an activating group) is 1. The van der Waals surface area contributed by atoms with Crippen LogP contribution in [0.2, 0.25) is 0 Å². The zero-order valence-corrected chi connectivity index (χ0v) is 26.2. The summed E-state index contributed by atoms with van der Waals surface area (Å²) >= 11 is 0. The minimum absolute atomic E-state index is 0.197. The van der Waals surface area contributed by atoms with Crippen molar-refractivity contribution in [2.45, 2.75) is 129 Å². The SMILES string of the molecule is CC[C@H]1OC(=O)[C@H](C)[C@@H](O)[C@H](C)[C@@H](OC2OC(C)CC(N(C)C)C2O)[C@](C)(OC)C[C@@H](C)C(=O)/C(C)=C/[C@]1(C)O. The number of allylic oxidation sites excluding steroid dienone is 1. The van der Waals surface area contributed by atoms with Crippen LogP contribution in [0.25, 0.3) is 0 Å². The molecule has 10 nitrogen and oxygen atoms in total. The van der Waals surface area contributed by atoms with E-state index in [2.05, 4.69) is 0 Å². The van der Waals surface area contributed by atoms with Crippen LogP contribution in [0.5, 0.6) is 0 Å². The Morgan fingerprint density at radius 1 is 1.10 bits per heavy atom. The topological polar surface area (TPSA) is 135 Å². The van der Waals surface area contributed by atoms with Crippen molar-refractivity contribution < 1.29 is 43.9 Å². The molecule has 3 N–H and O–H groups in total. The average molecular weight is 572 g/mol. The van der Waals surface area contributed by atoms with Crippen LogP contribution >= 0.6 is 0 Å². The Bertz CT molecular complexity index is 906. The normalized spacial score (nSPS) is 45.9. The van der Waals surface area contributed by atoms with Gasteiger partial charge in [-0.2, -0.15) is 0 Å². The van der Waals surface area contributed by atoms with Crippen molar-refractivity contribution in [2.24, 2.45) is 17.8 Å². The van der Waals surface area contributed by atoms with Crippen LogP contribution in [0.3, 0.4) is 0 Å². The molecule has 232 valence electrons. The zero-order chi connectivity index (χ0) is 30.7. The van der Waals surface area contributed by atoms with Crippen LogP contribution < -0.4 is 0 Å². The number of methoxy groups -OCH3 is 1. The molecule has 0 bridgehead atoms. The number of esters is 1. The van der Waals surface area contributed by atoms with E-state index in [-0.39, 0.29) is 24.3 Å². The van der Waals surface area contributed by atoms with Gasteiger partial charge >= 0.3 is 5.97 Å². The molecule has 2 aliphatic heterocycles. The van der Waals surface area contributed by atoms with E-state index < -0.39 is 65.6 Å². The fourth-order valence-corrected chi connectivity index (χ4v) is 6.27. The number of ether oxygens (including phenoxy) is 4. The van der Waals surface area contributed by atoms with Gasteiger partial charge < -0.3 is 39.2 Å². The van der Waals surface area contributed by atoms with Gasteiger partial charge in [0, 0.05) is 25.0 Å². The quantitative estimate of drug-likeness (QED) is 0.422. The van der Waals surface area contributed by atoms with Gasteiger partial charge in [0.1, 0.15) is 17.8 Å². The Morgan fingerprint density at radius 3 is 2.23 bits per heavy atom. The van der Waals surface area contributed by atoms with Gasteiger partial charge in [0.05, 0.1) is 29.8 Å². The lowest BCUT2D eigenvalue weighted by atomic mass is 9.76. The maximum Gasteiger partial charge on any atom is 0.311 e. The number of hydrogen-bond acceptors (Lipinski definition) is 10. The van der Waals surface area contributed by atoms with E-state index in [0.29, 0.717) is 18.4 Å². The summed E-state index contributed by atoms with van der Waals surface area (Å²) in [5.41, 5.74) is -2.38. The smallest absolute Gasteiger partial charge is 0.311 e. The molecule has 2 aliphatic rings. The summed E-state index contributed by atoms with van der Waals surface area (Å²) in [5.74, 6) is -3.09. The van der Waals surface area contributed by atoms with Crippen LogP contribution in [-0.2, 0) is 28.5 Å². The molecule has 1 saturated heterocycles. The van der Waals surface area contributed by atoms with Gasteiger partial charge in [-0.15, -0.1) is 0 Å². The second kappa shape index (κ2) is 13.7. The number of hydrogen-bond donors (Lipinski definition) is 3. The highest BCUT2D eigenvalue weighted by Gasteiger charge is 2.49. The third-order valence-corrected chi connectivity index (χ3v) is 8.86. The Kier molecular flexibility index (Phi) is 11.9. The predicted molar refractivity (Wildman–Crippen MR) is 150 cm³/mol. The van der Waals surface area contributed by atoms with E-state index in [9.17, 15) is 24.9 Å². The minimum Gasteiger partial charge on any atom is -0.459 e. The Labute approximate surface area is 240 Å². The van der Waals surface area contributed by atoms with Crippen LogP contribution in [-0.4, -0.2) is 107 Å². The van der Waals surface area contributed by atoms with Gasteiger partial charge in [0.2, 0.25) is 0 Å². The predicted octanol–water partition coefficient (Wildman–Crippen LogP) is 2.46. The van der Waals surface area contributed by atoms with Gasteiger partial charge in [-0.25, -0.2) is 0 Å². The summed E-state index contributed by atoms with van der Waals surface area (Å²) in [6, 6.07) is -0.220. The molecule has 40 heavy (non-hydrogen) atoms. The van der Waals surface area contributed by atoms with E-state index in [4.69, 9.17) is 18.9 Å². The van der Waals surface area contributed by atoms with Crippen LogP contribution in [0.1, 0.15) is 74.7 Å². The Hall–Kier alpha value is -1.40. The van der Waals surface area contributed by atoms with Crippen molar-refractivity contribution in [1.82, 2.24) is 4.90 Å². The molecule has 0 aromatic carbocycles. The molecule has 1 fully saturated rings. The monoisotopic (exact) mass is 571 g/mol. The molecule has 0 radical (unpaired) electrons. The zero-order valence-electron chi connectivity index (χ0n) is 26.2. The fraction of sp³-hybridized carbons (Fsp3) is 0.867. The van der Waals surface area contributed by atoms with Gasteiger partial charge in [-0.1, -0.05) is 20.8 Å². The van der Waals surface area contributed by atoms with Gasteiger partial charge in [-0.05, 0) is 79.6 Å². The summed E-state index contributed by atoms with van der Waals surface area (Å²) < 4.78 is 24.3. The molecule has 0 saturated carbocycles. The standard InChI is InChI=1S/C30H53NO9/c1-12-22-29(7,36)14-16(2)23(32)17(3)15-30(8,37-11)26(19(5)24(33)20(6)27(35)39-22)40-28-25(34)21(31(9)10)13-18(4)38-28/h14,17-22,24-26,28,33-34,36H,12-13,15H2,1-11H3/b16-14+/t17-,18?,19+,20-,21?,22-,24+,25?,26-,28?,29+,30-/m1/s1. The maximum atomic E-state index is 13.5. The van der Waals surface area contributed by atoms with Crippen molar-refractivity contribution >= 4 is 11.8 Å². The number of cyclic esters (lactones) is 1. The second-order valence-corrected chi connectivity index (χ2v) is 12.6. The number of ketones is 1. The summed E-state index contributed by atoms with van der Waals surface area (Å²) in [5, 5.41) is 33.8. The molecule has 0 spiro atoms. The van der Waals surface area contributed by atoms with E-state index in [1.807, 2.05) is 25.9 Å². The van der Waals surface area contributed by atoms with Crippen molar-refractivity contribution in [1.29, 1.82) is 0 Å². The van der Waals surface area contributed by atoms with Gasteiger partial charge in [0.25, 0.3) is 0 Å². The fourth-order valence-electron chi connectivity index (χ4n) is 6.27. The first-order valence-corrected chi connectivity index (χ1v) is 14.4. The number of aliphatic hydroxyl groups excluding tert-OH is 2. The number of rotatable bonds is 5. The highest BCUT2D eigenvalue weighted by molar-refractivity contribution is 5.96. The van der Waals surface area contributed by atoms with Crippen LogP contribution in [0, 0.1) is 17.8 Å². The first-order valence-electron chi connectivity index (χ1n) is 14.4. The average Bonchev–Trinajstić information content (AvgIpc) is 2.88. The van der Waals surface area contributed by atoms with E-state index >= 15 is 0 Å². The summed E-state index contributed by atoms with van der Waals surface area (Å²) in [4.78, 5) is 28.6. The lowest BCUT2D eigenvalue weighted by Gasteiger charge is -2.47. The highest BCUT2D eigenvalue weighted by Crippen LogP contribution is 2.38. The molecule has 2 heterocycles. The number of carbonyl (C=O) groups is 2. The molecule has 0 aromatic heterocycles. The number of carbonyl (C=O) groups excluding carboxylic acids is 2. The molecule has 4 unspecified atom stereocenters. The minimum atomic E-state index is -1.59. The summed E-state index contributed by atoms with van der Waals surface area (Å²) in [7, 11) is 5.28. The van der Waals surface area contributed by atoms with Gasteiger partial charge in [0.15, 0.2) is 12.1 Å². The van der Waals surface area contributed by atoms with Crippen molar-refractivity contribution in [3.05, 3.63) is 11.6 Å². The molecule has 12 atom stereocenters. The van der Waals surface area contributed by atoms with Crippen LogP contribution in [0.15, 0.2) is 11.6 Å². The van der Waals surface area contributed by atoms with Gasteiger partial charge in [-0.3, -0.25) is 9.59 Å². The molecular weight excluding hydrogens is 518 g/mol. The first-order chi connectivity index (χ1) is 18.4. The molecular formula is C30H53NO9. The van der Waals surface area contributed by atoms with Crippen molar-refractivity contribution in [2.75, 3.05) is 21.2 Å². The molecule has 2 rings (SSSR count). The van der Waals surface area contributed by atoms with E-state index in [0.717, 1.165) is 0 Å². The third-order valence-electron chi connectivity index (χ3n) is 8.86. The first kappa shape index (κ1) is 34.8. The molecule has 0 aromatic rings. The van der Waals surface area contributed by atoms with Crippen molar-refractivity contribution in [3.63, 3.8) is 0 Å².